The fourth-order valence-electron chi connectivity index (χ4n) is 4.27. The summed E-state index contributed by atoms with van der Waals surface area (Å²) >= 11 is 0. The number of ether oxygens (including phenoxy) is 1. The third-order valence-corrected chi connectivity index (χ3v) is 6.28. The van der Waals surface area contributed by atoms with Gasteiger partial charge in [-0.15, -0.1) is 0 Å². The Morgan fingerprint density at radius 2 is 1.69 bits per heavy atom. The molecule has 212 valence electrons. The van der Waals surface area contributed by atoms with Crippen molar-refractivity contribution in [2.45, 2.75) is 84.8 Å². The summed E-state index contributed by atoms with van der Waals surface area (Å²) in [5, 5.41) is 5.59. The molecule has 1 unspecified atom stereocenters. The van der Waals surface area contributed by atoms with E-state index in [1.54, 1.807) is 31.7 Å². The molecule has 0 fully saturated rings. The van der Waals surface area contributed by atoms with Gasteiger partial charge < -0.3 is 20.3 Å². The highest BCUT2D eigenvalue weighted by Gasteiger charge is 2.32. The summed E-state index contributed by atoms with van der Waals surface area (Å²) in [5.74, 6) is -0.675. The largest absolute Gasteiger partial charge is 0.444 e. The van der Waals surface area contributed by atoms with Crippen LogP contribution in [0.15, 0.2) is 55.1 Å². The number of hydrogen-bond acceptors (Lipinski definition) is 4. The van der Waals surface area contributed by atoms with Gasteiger partial charge in [-0.2, -0.15) is 0 Å². The lowest BCUT2D eigenvalue weighted by molar-refractivity contribution is -0.138. The number of para-hydroxylation sites is 1. The topological polar surface area (TPSA) is 87.7 Å². The van der Waals surface area contributed by atoms with Crippen LogP contribution in [-0.4, -0.2) is 41.5 Å². The Hall–Kier alpha value is -3.61. The molecule has 7 nitrogen and oxygen atoms in total. The molecule has 39 heavy (non-hydrogen) atoms. The smallest absolute Gasteiger partial charge is 0.408 e. The van der Waals surface area contributed by atoms with Crippen molar-refractivity contribution < 1.29 is 19.1 Å². The molecule has 0 aliphatic carbocycles. The van der Waals surface area contributed by atoms with Crippen molar-refractivity contribution in [3.8, 4) is 0 Å². The summed E-state index contributed by atoms with van der Waals surface area (Å²) < 4.78 is 5.31. The minimum Gasteiger partial charge on any atom is -0.444 e. The number of unbranched alkanes of at least 4 members (excludes halogenated alkanes) is 5. The van der Waals surface area contributed by atoms with E-state index in [1.807, 2.05) is 55.5 Å². The normalized spacial score (nSPS) is 11.8. The van der Waals surface area contributed by atoms with Crippen LogP contribution in [0.1, 0.15) is 89.0 Å². The van der Waals surface area contributed by atoms with E-state index >= 15 is 0 Å². The van der Waals surface area contributed by atoms with Crippen molar-refractivity contribution in [1.29, 1.82) is 0 Å². The highest BCUT2D eigenvalue weighted by atomic mass is 16.6. The number of benzene rings is 2. The van der Waals surface area contributed by atoms with Gasteiger partial charge in [0.1, 0.15) is 18.2 Å². The molecule has 2 aromatic rings. The molecule has 0 radical (unpaired) electrons. The Labute approximate surface area is 234 Å². The number of nitrogens with one attached hydrogen (secondary N) is 2. The first-order valence-corrected chi connectivity index (χ1v) is 13.9. The quantitative estimate of drug-likeness (QED) is 0.254. The molecule has 0 aromatic heterocycles. The Morgan fingerprint density at radius 3 is 2.36 bits per heavy atom. The first kappa shape index (κ1) is 31.6. The molecule has 3 amide bonds. The molecular weight excluding hydrogens is 490 g/mol. The zero-order valence-corrected chi connectivity index (χ0v) is 24.2. The molecule has 0 aliphatic rings. The third kappa shape index (κ3) is 11.0. The lowest BCUT2D eigenvalue weighted by atomic mass is 10.00. The summed E-state index contributed by atoms with van der Waals surface area (Å²) in [6, 6.07) is 14.1. The molecule has 2 aromatic carbocycles. The maximum Gasteiger partial charge on any atom is 0.408 e. The van der Waals surface area contributed by atoms with Crippen molar-refractivity contribution in [1.82, 2.24) is 10.2 Å². The second-order valence-corrected chi connectivity index (χ2v) is 10.8. The Balaban J connectivity index is 2.37. The van der Waals surface area contributed by atoms with Gasteiger partial charge in [-0.1, -0.05) is 88.1 Å². The second kappa shape index (κ2) is 15.7. The molecule has 2 rings (SSSR count). The molecule has 0 bridgehead atoms. The molecule has 1 atom stereocenters. The lowest BCUT2D eigenvalue weighted by Gasteiger charge is -2.32. The number of hydrogen-bond donors (Lipinski definition) is 2. The number of amides is 3. The van der Waals surface area contributed by atoms with Gasteiger partial charge in [0.15, 0.2) is 0 Å². The highest BCUT2D eigenvalue weighted by molar-refractivity contribution is 5.99. The van der Waals surface area contributed by atoms with E-state index in [-0.39, 0.29) is 18.4 Å². The van der Waals surface area contributed by atoms with Crippen LogP contribution in [0.25, 0.3) is 6.08 Å². The Morgan fingerprint density at radius 1 is 1.00 bits per heavy atom. The summed E-state index contributed by atoms with van der Waals surface area (Å²) in [7, 11) is 0. The Kier molecular flexibility index (Phi) is 12.7. The number of alkyl carbamates (subject to hydrolysis) is 1. The first-order chi connectivity index (χ1) is 18.6. The highest BCUT2D eigenvalue weighted by Crippen LogP contribution is 2.26. The summed E-state index contributed by atoms with van der Waals surface area (Å²) in [5.41, 5.74) is 2.44. The number of aryl methyl sites for hydroxylation is 1. The number of anilines is 1. The van der Waals surface area contributed by atoms with E-state index in [2.05, 4.69) is 24.1 Å². The van der Waals surface area contributed by atoms with Gasteiger partial charge in [0.05, 0.1) is 0 Å². The molecule has 0 spiro atoms. The minimum absolute atomic E-state index is 0.278. The lowest BCUT2D eigenvalue weighted by Crippen LogP contribution is -2.47. The van der Waals surface area contributed by atoms with E-state index in [0.29, 0.717) is 17.8 Å². The van der Waals surface area contributed by atoms with E-state index in [9.17, 15) is 14.4 Å². The minimum atomic E-state index is -0.895. The van der Waals surface area contributed by atoms with Gasteiger partial charge in [0.25, 0.3) is 5.91 Å². The second-order valence-electron chi connectivity index (χ2n) is 10.8. The van der Waals surface area contributed by atoms with Crippen LogP contribution in [0.5, 0.6) is 0 Å². The van der Waals surface area contributed by atoms with Gasteiger partial charge in [-0.05, 0) is 62.9 Å². The van der Waals surface area contributed by atoms with Gasteiger partial charge >= 0.3 is 6.09 Å². The summed E-state index contributed by atoms with van der Waals surface area (Å²) in [6.45, 7) is 13.3. The van der Waals surface area contributed by atoms with Crippen molar-refractivity contribution >= 4 is 29.7 Å². The van der Waals surface area contributed by atoms with Crippen LogP contribution < -0.4 is 10.6 Å². The zero-order valence-electron chi connectivity index (χ0n) is 24.2. The van der Waals surface area contributed by atoms with E-state index in [4.69, 9.17) is 4.74 Å². The number of carbonyl (C=O) groups excluding carboxylic acids is 3. The maximum absolute atomic E-state index is 13.9. The third-order valence-electron chi connectivity index (χ3n) is 6.28. The van der Waals surface area contributed by atoms with Crippen LogP contribution in [0.3, 0.4) is 0 Å². The molecule has 0 saturated heterocycles. The van der Waals surface area contributed by atoms with Gasteiger partial charge in [-0.3, -0.25) is 9.59 Å². The van der Waals surface area contributed by atoms with Crippen molar-refractivity contribution in [2.24, 2.45) is 0 Å². The zero-order chi connectivity index (χ0) is 28.8. The fourth-order valence-corrected chi connectivity index (χ4v) is 4.27. The first-order valence-electron chi connectivity index (χ1n) is 13.9. The van der Waals surface area contributed by atoms with Crippen LogP contribution in [0, 0.1) is 6.92 Å². The van der Waals surface area contributed by atoms with Crippen LogP contribution >= 0.6 is 0 Å². The summed E-state index contributed by atoms with van der Waals surface area (Å²) in [4.78, 5) is 41.4. The predicted molar refractivity (Wildman–Crippen MR) is 158 cm³/mol. The Bertz CT molecular complexity index is 1110. The van der Waals surface area contributed by atoms with E-state index in [0.717, 1.165) is 43.2 Å². The van der Waals surface area contributed by atoms with Crippen LogP contribution in [-0.2, 0) is 14.3 Å². The molecule has 2 N–H and O–H groups in total. The molecule has 0 saturated carbocycles. The number of rotatable bonds is 14. The molecular formula is C32H45N3O4. The van der Waals surface area contributed by atoms with E-state index in [1.165, 1.54) is 6.42 Å². The summed E-state index contributed by atoms with van der Waals surface area (Å²) in [6.07, 6.45) is 7.27. The number of nitrogens with zero attached hydrogens (tertiary/aromatic N) is 1. The maximum atomic E-state index is 13.9. The SMILES string of the molecule is C=Cc1cccc(C(C(=O)Nc2ccccc2C)N(CCCCCCCC)C(=O)CNC(=O)OC(C)(C)C)c1. The average molecular weight is 536 g/mol. The monoisotopic (exact) mass is 535 g/mol. The fraction of sp³-hybridized carbons (Fsp3) is 0.469. The standard InChI is InChI=1S/C32H45N3O4/c1-7-9-10-11-12-15-21-35(28(36)23-33-31(38)39-32(4,5)6)29(26-19-16-18-25(8-2)22-26)30(37)34-27-20-14-13-17-24(27)3/h8,13-14,16-20,22,29H,2,7,9-12,15,21,23H2,1,3-6H3,(H,33,38)(H,34,37). The van der Waals surface area contributed by atoms with Gasteiger partial charge in [0.2, 0.25) is 5.91 Å². The average Bonchev–Trinajstić information content (AvgIpc) is 2.89. The van der Waals surface area contributed by atoms with Crippen LogP contribution in [0.4, 0.5) is 10.5 Å². The van der Waals surface area contributed by atoms with Gasteiger partial charge in [0, 0.05) is 12.2 Å². The number of carbonyl (C=O) groups is 3. The molecule has 0 heterocycles. The van der Waals surface area contributed by atoms with Gasteiger partial charge in [-0.25, -0.2) is 4.79 Å². The van der Waals surface area contributed by atoms with Crippen molar-refractivity contribution in [2.75, 3.05) is 18.4 Å². The molecule has 0 aliphatic heterocycles. The van der Waals surface area contributed by atoms with Crippen molar-refractivity contribution in [3.05, 3.63) is 71.8 Å². The van der Waals surface area contributed by atoms with Crippen LogP contribution in [0.2, 0.25) is 0 Å². The molecule has 7 heteroatoms. The van der Waals surface area contributed by atoms with Crippen molar-refractivity contribution in [3.63, 3.8) is 0 Å². The van der Waals surface area contributed by atoms with E-state index < -0.39 is 17.7 Å². The predicted octanol–water partition coefficient (Wildman–Crippen LogP) is 7.03.